The highest BCUT2D eigenvalue weighted by Gasteiger charge is 2.34. The summed E-state index contributed by atoms with van der Waals surface area (Å²) in [5, 5.41) is 3.36. The summed E-state index contributed by atoms with van der Waals surface area (Å²) in [5.41, 5.74) is 0.660. The lowest BCUT2D eigenvalue weighted by Crippen LogP contribution is -2.56. The molecule has 3 aromatic rings. The van der Waals surface area contributed by atoms with Crippen LogP contribution >= 0.6 is 23.2 Å². The van der Waals surface area contributed by atoms with Crippen molar-refractivity contribution in [2.45, 2.75) is 57.0 Å². The van der Waals surface area contributed by atoms with Crippen LogP contribution in [0.3, 0.4) is 0 Å². The molecule has 0 aromatic heterocycles. The predicted octanol–water partition coefficient (Wildman–Crippen LogP) is 5.95. The normalized spacial score (nSPS) is 12.4. The van der Waals surface area contributed by atoms with Gasteiger partial charge in [0.25, 0.3) is 10.0 Å². The van der Waals surface area contributed by atoms with Gasteiger partial charge in [-0.25, -0.2) is 8.42 Å². The number of hydrogen-bond donors (Lipinski definition) is 1. The number of anilines is 1. The maximum Gasteiger partial charge on any atom is 0.264 e. The van der Waals surface area contributed by atoms with Crippen LogP contribution in [0.5, 0.6) is 0 Å². The van der Waals surface area contributed by atoms with Gasteiger partial charge in [0, 0.05) is 12.1 Å². The number of amides is 2. The minimum Gasteiger partial charge on any atom is -0.350 e. The zero-order chi connectivity index (χ0) is 29.5. The average molecular weight is 605 g/mol. The Morgan fingerprint density at radius 3 is 2.05 bits per heavy atom. The van der Waals surface area contributed by atoms with Crippen LogP contribution in [0.1, 0.15) is 39.7 Å². The van der Waals surface area contributed by atoms with Gasteiger partial charge in [-0.15, -0.1) is 0 Å². The number of halogens is 2. The molecular weight excluding hydrogens is 569 g/mol. The van der Waals surface area contributed by atoms with Gasteiger partial charge in [0.05, 0.1) is 20.6 Å². The fourth-order valence-electron chi connectivity index (χ4n) is 4.24. The summed E-state index contributed by atoms with van der Waals surface area (Å²) in [5.74, 6) is -0.819. The Hall–Kier alpha value is -3.07. The van der Waals surface area contributed by atoms with Gasteiger partial charge >= 0.3 is 0 Å². The van der Waals surface area contributed by atoms with E-state index in [-0.39, 0.29) is 33.1 Å². The molecule has 0 aliphatic rings. The molecule has 0 saturated carbocycles. The van der Waals surface area contributed by atoms with Crippen molar-refractivity contribution in [3.63, 3.8) is 0 Å². The van der Waals surface area contributed by atoms with Crippen molar-refractivity contribution in [2.75, 3.05) is 17.4 Å². The first-order valence-electron chi connectivity index (χ1n) is 13.0. The quantitative estimate of drug-likeness (QED) is 0.293. The second kappa shape index (κ2) is 13.5. The summed E-state index contributed by atoms with van der Waals surface area (Å²) in [6.07, 6.45) is 0.838. The number of carbonyl (C=O) groups is 2. The summed E-state index contributed by atoms with van der Waals surface area (Å²) in [4.78, 5) is 28.9. The first-order valence-corrected chi connectivity index (χ1v) is 15.2. The van der Waals surface area contributed by atoms with Crippen LogP contribution in [0.2, 0.25) is 10.0 Å². The van der Waals surface area contributed by atoms with E-state index in [1.807, 2.05) is 58.0 Å². The molecule has 214 valence electrons. The van der Waals surface area contributed by atoms with Gasteiger partial charge in [0.15, 0.2) is 0 Å². The third kappa shape index (κ3) is 8.22. The number of nitrogens with one attached hydrogen (secondary N) is 1. The van der Waals surface area contributed by atoms with Crippen molar-refractivity contribution in [3.05, 3.63) is 94.5 Å². The third-order valence-corrected chi connectivity index (χ3v) is 8.70. The average Bonchev–Trinajstić information content (AvgIpc) is 2.91. The molecule has 2 amide bonds. The molecule has 3 rings (SSSR count). The molecule has 0 bridgehead atoms. The summed E-state index contributed by atoms with van der Waals surface area (Å²) >= 11 is 12.3. The molecule has 0 fully saturated rings. The second-order valence-electron chi connectivity index (χ2n) is 10.4. The highest BCUT2D eigenvalue weighted by molar-refractivity contribution is 7.92. The van der Waals surface area contributed by atoms with Crippen molar-refractivity contribution in [1.82, 2.24) is 10.2 Å². The Labute approximate surface area is 247 Å². The van der Waals surface area contributed by atoms with Crippen molar-refractivity contribution >= 4 is 50.7 Å². The van der Waals surface area contributed by atoms with E-state index < -0.39 is 34.1 Å². The van der Waals surface area contributed by atoms with Crippen LogP contribution in [0.15, 0.2) is 83.8 Å². The highest BCUT2D eigenvalue weighted by atomic mass is 35.5. The number of benzene rings is 3. The molecular formula is C30H35Cl2N3O4S. The molecule has 10 heteroatoms. The predicted molar refractivity (Wildman–Crippen MR) is 161 cm³/mol. The van der Waals surface area contributed by atoms with E-state index in [4.69, 9.17) is 23.2 Å². The molecule has 0 spiro atoms. The molecule has 0 radical (unpaired) electrons. The van der Waals surface area contributed by atoms with Crippen LogP contribution in [0.4, 0.5) is 5.69 Å². The van der Waals surface area contributed by atoms with E-state index in [1.54, 1.807) is 18.2 Å². The molecule has 40 heavy (non-hydrogen) atoms. The molecule has 7 nitrogen and oxygen atoms in total. The van der Waals surface area contributed by atoms with Crippen LogP contribution in [0.25, 0.3) is 0 Å². The number of rotatable bonds is 11. The van der Waals surface area contributed by atoms with Gasteiger partial charge in [0.1, 0.15) is 12.6 Å². The topological polar surface area (TPSA) is 86.8 Å². The first-order chi connectivity index (χ1) is 18.8. The number of hydrogen-bond acceptors (Lipinski definition) is 4. The summed E-state index contributed by atoms with van der Waals surface area (Å²) < 4.78 is 28.7. The van der Waals surface area contributed by atoms with Crippen LogP contribution in [-0.2, 0) is 26.0 Å². The molecule has 0 aliphatic carbocycles. The van der Waals surface area contributed by atoms with Gasteiger partial charge in [-0.3, -0.25) is 13.9 Å². The number of sulfonamides is 1. The SMILES string of the molecule is CC[C@H](C(=O)NC(C)(C)C)N(CCc1ccccc1)C(=O)CN(c1ccc(Cl)c(Cl)c1)S(=O)(=O)c1ccccc1. The van der Waals surface area contributed by atoms with Crippen LogP contribution in [-0.4, -0.2) is 49.8 Å². The van der Waals surface area contributed by atoms with Crippen LogP contribution < -0.4 is 9.62 Å². The fourth-order valence-corrected chi connectivity index (χ4v) is 5.96. The van der Waals surface area contributed by atoms with Crippen molar-refractivity contribution in [1.29, 1.82) is 0 Å². The number of nitrogens with zero attached hydrogens (tertiary/aromatic N) is 2. The molecule has 1 atom stereocenters. The van der Waals surface area contributed by atoms with E-state index >= 15 is 0 Å². The molecule has 3 aromatic carbocycles. The zero-order valence-electron chi connectivity index (χ0n) is 23.1. The van der Waals surface area contributed by atoms with Gasteiger partial charge in [-0.05, 0) is 69.5 Å². The summed E-state index contributed by atoms with van der Waals surface area (Å²) in [6.45, 7) is 7.11. The van der Waals surface area contributed by atoms with Crippen molar-refractivity contribution < 1.29 is 18.0 Å². The van der Waals surface area contributed by atoms with E-state index in [2.05, 4.69) is 5.32 Å². The molecule has 0 unspecified atom stereocenters. The second-order valence-corrected chi connectivity index (χ2v) is 13.1. The molecule has 1 N–H and O–H groups in total. The van der Waals surface area contributed by atoms with Crippen molar-refractivity contribution in [2.24, 2.45) is 0 Å². The minimum atomic E-state index is -4.18. The van der Waals surface area contributed by atoms with Crippen molar-refractivity contribution in [3.8, 4) is 0 Å². The standard InChI is InChI=1S/C30H35Cl2N3O4S/c1-5-27(29(37)33-30(2,3)4)34(19-18-22-12-8-6-9-13-22)28(36)21-35(23-16-17-25(31)26(32)20-23)40(38,39)24-14-10-7-11-15-24/h6-17,20,27H,5,18-19,21H2,1-4H3,(H,33,37)/t27-/m1/s1. The third-order valence-electron chi connectivity index (χ3n) is 6.17. The van der Waals surface area contributed by atoms with E-state index in [1.165, 1.54) is 35.2 Å². The lowest BCUT2D eigenvalue weighted by molar-refractivity contribution is -0.140. The largest absolute Gasteiger partial charge is 0.350 e. The Kier molecular flexibility index (Phi) is 10.6. The lowest BCUT2D eigenvalue weighted by atomic mass is 10.1. The fraction of sp³-hybridized carbons (Fsp3) is 0.333. The highest BCUT2D eigenvalue weighted by Crippen LogP contribution is 2.31. The van der Waals surface area contributed by atoms with Gasteiger partial charge in [-0.1, -0.05) is 78.7 Å². The minimum absolute atomic E-state index is 0.0159. The van der Waals surface area contributed by atoms with E-state index in [9.17, 15) is 18.0 Å². The lowest BCUT2D eigenvalue weighted by Gasteiger charge is -2.34. The summed E-state index contributed by atoms with van der Waals surface area (Å²) in [7, 11) is -4.18. The Morgan fingerprint density at radius 2 is 1.50 bits per heavy atom. The Balaban J connectivity index is 2.03. The summed E-state index contributed by atoms with van der Waals surface area (Å²) in [6, 6.07) is 21.0. The van der Waals surface area contributed by atoms with E-state index in [0.29, 0.717) is 12.8 Å². The maximum atomic E-state index is 14.0. The Morgan fingerprint density at radius 1 is 0.900 bits per heavy atom. The maximum absolute atomic E-state index is 14.0. The first kappa shape index (κ1) is 31.5. The van der Waals surface area contributed by atoms with Gasteiger partial charge < -0.3 is 10.2 Å². The Bertz CT molecular complexity index is 1410. The molecule has 0 saturated heterocycles. The number of carbonyl (C=O) groups excluding carboxylic acids is 2. The van der Waals surface area contributed by atoms with Gasteiger partial charge in [0.2, 0.25) is 11.8 Å². The zero-order valence-corrected chi connectivity index (χ0v) is 25.4. The van der Waals surface area contributed by atoms with Gasteiger partial charge in [-0.2, -0.15) is 0 Å². The van der Waals surface area contributed by atoms with Crippen LogP contribution in [0, 0.1) is 0 Å². The molecule has 0 aliphatic heterocycles. The monoisotopic (exact) mass is 603 g/mol. The molecule has 0 heterocycles. The van der Waals surface area contributed by atoms with E-state index in [0.717, 1.165) is 9.87 Å². The smallest absolute Gasteiger partial charge is 0.264 e.